The molecule has 0 aliphatic carbocycles. The molecule has 5 aromatic heterocycles. The Balaban J connectivity index is 0.913. The zero-order chi connectivity index (χ0) is 53.0. The van der Waals surface area contributed by atoms with Crippen molar-refractivity contribution < 1.29 is 8.83 Å². The average molecular weight is 1020 g/mol. The first kappa shape index (κ1) is 44.9. The van der Waals surface area contributed by atoms with Gasteiger partial charge in [-0.05, 0) is 120 Å². The molecule has 80 heavy (non-hydrogen) atoms. The molecule has 9 heteroatoms. The number of hydrogen-bond acceptors (Lipinski definition) is 7. The van der Waals surface area contributed by atoms with Crippen LogP contribution in [0.15, 0.2) is 245 Å². The molecule has 0 fully saturated rings. The molecule has 370 valence electrons. The van der Waals surface area contributed by atoms with E-state index in [1.807, 2.05) is 115 Å². The van der Waals surface area contributed by atoms with Gasteiger partial charge in [-0.2, -0.15) is 10.5 Å². The normalized spacial score (nSPS) is 11.7. The molecule has 0 bridgehead atoms. The fourth-order valence-corrected chi connectivity index (χ4v) is 12.0. The lowest BCUT2D eigenvalue weighted by atomic mass is 9.98. The van der Waals surface area contributed by atoms with Crippen molar-refractivity contribution in [2.45, 2.75) is 0 Å². The summed E-state index contributed by atoms with van der Waals surface area (Å²) in [6.07, 6.45) is 0. The van der Waals surface area contributed by atoms with Gasteiger partial charge in [-0.3, -0.25) is 0 Å². The molecular formula is C71H39N7O2. The Morgan fingerprint density at radius 2 is 0.700 bits per heavy atom. The van der Waals surface area contributed by atoms with Gasteiger partial charge in [-0.1, -0.05) is 127 Å². The number of hydrogen-bond donors (Lipinski definition) is 0. The average Bonchev–Trinajstić information content (AvgIpc) is 4.40. The SMILES string of the molecule is N#Cc1ccc(-c2cc(-c3nc(-c4ccccc4)nc(-c4ccc(-n5c6ccccc6c6c7oc8ccccc8c7ccc65)c(-c5ccc(C#N)cc5)c4)n3)ccc2-n2c3ccccc3c3c4oc5ccccc5c4ccc32)cc1. The van der Waals surface area contributed by atoms with E-state index in [4.69, 9.17) is 23.8 Å². The lowest BCUT2D eigenvalue weighted by Gasteiger charge is -2.17. The van der Waals surface area contributed by atoms with Gasteiger partial charge in [0.2, 0.25) is 0 Å². The molecule has 0 radical (unpaired) electrons. The van der Waals surface area contributed by atoms with E-state index in [0.29, 0.717) is 28.6 Å². The van der Waals surface area contributed by atoms with E-state index in [-0.39, 0.29) is 0 Å². The van der Waals surface area contributed by atoms with Crippen LogP contribution in [0.25, 0.3) is 155 Å². The first-order chi connectivity index (χ1) is 39.6. The largest absolute Gasteiger partial charge is 0.455 e. The maximum absolute atomic E-state index is 9.92. The molecular weight excluding hydrogens is 983 g/mol. The summed E-state index contributed by atoms with van der Waals surface area (Å²) in [6.45, 7) is 0. The molecule has 16 rings (SSSR count). The van der Waals surface area contributed by atoms with Crippen molar-refractivity contribution in [1.29, 1.82) is 10.5 Å². The Bertz CT molecular complexity index is 5010. The molecule has 5 heterocycles. The lowest BCUT2D eigenvalue weighted by Crippen LogP contribution is -2.03. The van der Waals surface area contributed by atoms with Crippen LogP contribution in [-0.2, 0) is 0 Å². The van der Waals surface area contributed by atoms with Gasteiger partial charge >= 0.3 is 0 Å². The highest BCUT2D eigenvalue weighted by atomic mass is 16.3. The van der Waals surface area contributed by atoms with Gasteiger partial charge in [0.05, 0.1) is 67.5 Å². The van der Waals surface area contributed by atoms with Crippen molar-refractivity contribution in [1.82, 2.24) is 24.1 Å². The number of furan rings is 2. The minimum atomic E-state index is 0.489. The first-order valence-electron chi connectivity index (χ1n) is 26.4. The predicted octanol–water partition coefficient (Wildman–Crippen LogP) is 17.9. The lowest BCUT2D eigenvalue weighted by molar-refractivity contribution is 0.672. The summed E-state index contributed by atoms with van der Waals surface area (Å²) in [5.41, 5.74) is 16.5. The molecule has 16 aromatic rings. The number of rotatable bonds is 7. The van der Waals surface area contributed by atoms with E-state index < -0.39 is 0 Å². The van der Waals surface area contributed by atoms with Gasteiger partial charge in [0.1, 0.15) is 22.3 Å². The van der Waals surface area contributed by atoms with Crippen LogP contribution >= 0.6 is 0 Å². The fraction of sp³-hybridized carbons (Fsp3) is 0. The third-order valence-electron chi connectivity index (χ3n) is 15.7. The molecule has 0 amide bonds. The number of benzene rings is 11. The molecule has 9 nitrogen and oxygen atoms in total. The molecule has 0 saturated heterocycles. The van der Waals surface area contributed by atoms with Gasteiger partial charge in [0, 0.05) is 60.1 Å². The quantitative estimate of drug-likeness (QED) is 0.156. The molecule has 0 saturated carbocycles. The van der Waals surface area contributed by atoms with E-state index in [2.05, 4.69) is 143 Å². The first-order valence-corrected chi connectivity index (χ1v) is 26.4. The summed E-state index contributed by atoms with van der Waals surface area (Å²) in [4.78, 5) is 15.9. The van der Waals surface area contributed by atoms with Crippen molar-refractivity contribution in [3.63, 3.8) is 0 Å². The van der Waals surface area contributed by atoms with Crippen LogP contribution in [0, 0.1) is 22.7 Å². The van der Waals surface area contributed by atoms with Crippen molar-refractivity contribution >= 4 is 87.5 Å². The Kier molecular flexibility index (Phi) is 9.86. The standard InChI is InChI=1S/C71H39N7O2/c72-40-42-22-26-44(27-23-42)55-38-47(30-34-59(55)77-57-18-8-4-16-53(57)65-61(77)36-32-51-49-14-6-10-20-63(49)79-67(51)65)70-74-69(46-12-2-1-3-13-46)75-71(76-70)48-31-35-60(56(39-48)45-28-24-43(41-73)25-29-45)78-58-19-9-5-17-54(58)66-62(78)37-33-52-50-15-7-11-21-64(50)80-68(52)66/h1-39H. The molecule has 0 unspecified atom stereocenters. The Labute approximate surface area is 456 Å². The van der Waals surface area contributed by atoms with Crippen LogP contribution in [0.5, 0.6) is 0 Å². The summed E-state index contributed by atoms with van der Waals surface area (Å²) in [7, 11) is 0. The number of fused-ring (bicyclic) bond motifs is 14. The Hall–Kier alpha value is -11.4. The number of aromatic nitrogens is 5. The van der Waals surface area contributed by atoms with Gasteiger partial charge in [-0.25, -0.2) is 15.0 Å². The maximum atomic E-state index is 9.92. The highest BCUT2D eigenvalue weighted by molar-refractivity contribution is 6.25. The Morgan fingerprint density at radius 1 is 0.312 bits per heavy atom. The summed E-state index contributed by atoms with van der Waals surface area (Å²) >= 11 is 0. The van der Waals surface area contributed by atoms with Crippen LogP contribution < -0.4 is 0 Å². The van der Waals surface area contributed by atoms with Crippen molar-refractivity contribution in [3.8, 4) is 79.9 Å². The van der Waals surface area contributed by atoms with Crippen LogP contribution in [0.2, 0.25) is 0 Å². The van der Waals surface area contributed by atoms with Crippen LogP contribution in [0.3, 0.4) is 0 Å². The number of nitriles is 2. The fourth-order valence-electron chi connectivity index (χ4n) is 12.0. The maximum Gasteiger partial charge on any atom is 0.164 e. The van der Waals surface area contributed by atoms with Crippen molar-refractivity contribution in [3.05, 3.63) is 248 Å². The second-order valence-electron chi connectivity index (χ2n) is 20.1. The summed E-state index contributed by atoms with van der Waals surface area (Å²) in [5.74, 6) is 1.50. The molecule has 0 atom stereocenters. The van der Waals surface area contributed by atoms with E-state index in [0.717, 1.165) is 138 Å². The second-order valence-corrected chi connectivity index (χ2v) is 20.1. The van der Waals surface area contributed by atoms with Gasteiger partial charge < -0.3 is 18.0 Å². The van der Waals surface area contributed by atoms with Crippen molar-refractivity contribution in [2.75, 3.05) is 0 Å². The van der Waals surface area contributed by atoms with Crippen LogP contribution in [0.4, 0.5) is 0 Å². The second kappa shape index (κ2) is 17.6. The summed E-state index contributed by atoms with van der Waals surface area (Å²) < 4.78 is 18.0. The molecule has 0 aliphatic heterocycles. The van der Waals surface area contributed by atoms with Crippen molar-refractivity contribution in [2.24, 2.45) is 0 Å². The van der Waals surface area contributed by atoms with E-state index in [1.54, 1.807) is 0 Å². The van der Waals surface area contributed by atoms with Gasteiger partial charge in [-0.15, -0.1) is 0 Å². The third-order valence-corrected chi connectivity index (χ3v) is 15.7. The van der Waals surface area contributed by atoms with E-state index >= 15 is 0 Å². The highest BCUT2D eigenvalue weighted by Crippen LogP contribution is 2.45. The topological polar surface area (TPSA) is 122 Å². The smallest absolute Gasteiger partial charge is 0.164 e. The Morgan fingerprint density at radius 3 is 1.15 bits per heavy atom. The van der Waals surface area contributed by atoms with Gasteiger partial charge in [0.15, 0.2) is 17.5 Å². The number of para-hydroxylation sites is 4. The van der Waals surface area contributed by atoms with E-state index in [1.165, 1.54) is 0 Å². The van der Waals surface area contributed by atoms with E-state index in [9.17, 15) is 10.5 Å². The van der Waals surface area contributed by atoms with Crippen LogP contribution in [-0.4, -0.2) is 24.1 Å². The predicted molar refractivity (Wildman–Crippen MR) is 320 cm³/mol. The van der Waals surface area contributed by atoms with Gasteiger partial charge in [0.25, 0.3) is 0 Å². The third kappa shape index (κ3) is 6.85. The molecule has 0 N–H and O–H groups in total. The highest BCUT2D eigenvalue weighted by Gasteiger charge is 2.24. The minimum absolute atomic E-state index is 0.489. The zero-order valence-electron chi connectivity index (χ0n) is 42.5. The minimum Gasteiger partial charge on any atom is -0.455 e. The zero-order valence-corrected chi connectivity index (χ0v) is 42.5. The monoisotopic (exact) mass is 1020 g/mol. The molecule has 11 aromatic carbocycles. The summed E-state index contributed by atoms with van der Waals surface area (Å²) in [6, 6.07) is 84.8. The molecule has 0 aliphatic rings. The molecule has 0 spiro atoms. The summed E-state index contributed by atoms with van der Waals surface area (Å²) in [5, 5.41) is 28.3. The number of nitrogens with zero attached hydrogens (tertiary/aromatic N) is 7. The van der Waals surface area contributed by atoms with Crippen LogP contribution in [0.1, 0.15) is 11.1 Å².